The van der Waals surface area contributed by atoms with E-state index in [1.807, 2.05) is 0 Å². The summed E-state index contributed by atoms with van der Waals surface area (Å²) in [6.07, 6.45) is 0.260. The molecule has 3 heteroatoms. The third-order valence-electron chi connectivity index (χ3n) is 5.34. The number of ether oxygens (including phenoxy) is 3. The molecule has 1 saturated heterocycles. The Hall–Kier alpha value is -2.88. The molecule has 28 heavy (non-hydrogen) atoms. The minimum Gasteiger partial charge on any atom is -0.496 e. The van der Waals surface area contributed by atoms with E-state index in [1.54, 1.807) is 7.11 Å². The largest absolute Gasteiger partial charge is 0.496 e. The summed E-state index contributed by atoms with van der Waals surface area (Å²) in [5.74, 6) is 0.877. The maximum absolute atomic E-state index is 5.97. The van der Waals surface area contributed by atoms with E-state index >= 15 is 0 Å². The van der Waals surface area contributed by atoms with Crippen LogP contribution in [0.25, 0.3) is 32.7 Å². The van der Waals surface area contributed by atoms with Crippen LogP contribution in [-0.2, 0) is 16.1 Å². The standard InChI is InChI=1S/C25H22O3/c1-26-23-13-12-18-7-3-5-9-22(18)25(23)24-19(14-27-15-20-16-28-20)11-10-17-6-2-4-8-21(17)24/h2-13,20H,14-16H2,1H3. The fourth-order valence-corrected chi connectivity index (χ4v) is 3.88. The normalized spacial score (nSPS) is 15.8. The monoisotopic (exact) mass is 370 g/mol. The Morgan fingerprint density at radius 1 is 0.821 bits per heavy atom. The lowest BCUT2D eigenvalue weighted by Gasteiger charge is -2.18. The molecule has 1 heterocycles. The average Bonchev–Trinajstić information content (AvgIpc) is 3.57. The van der Waals surface area contributed by atoms with Crippen molar-refractivity contribution in [3.63, 3.8) is 0 Å². The summed E-state index contributed by atoms with van der Waals surface area (Å²) in [4.78, 5) is 0. The molecule has 1 atom stereocenters. The molecule has 0 amide bonds. The van der Waals surface area contributed by atoms with Crippen LogP contribution in [-0.4, -0.2) is 26.4 Å². The third-order valence-corrected chi connectivity index (χ3v) is 5.34. The van der Waals surface area contributed by atoms with E-state index in [1.165, 1.54) is 27.1 Å². The maximum atomic E-state index is 5.97. The van der Waals surface area contributed by atoms with E-state index in [9.17, 15) is 0 Å². The van der Waals surface area contributed by atoms with Crippen molar-refractivity contribution in [3.8, 4) is 16.9 Å². The number of hydrogen-bond acceptors (Lipinski definition) is 3. The molecule has 0 spiro atoms. The zero-order chi connectivity index (χ0) is 18.9. The minimum atomic E-state index is 0.260. The van der Waals surface area contributed by atoms with Gasteiger partial charge in [0.2, 0.25) is 0 Å². The SMILES string of the molecule is COc1ccc2ccccc2c1-c1c(COCC2CO2)ccc2ccccc12. The number of benzene rings is 4. The molecule has 4 aromatic carbocycles. The van der Waals surface area contributed by atoms with Crippen LogP contribution < -0.4 is 4.74 Å². The predicted octanol–water partition coefficient (Wildman–Crippen LogP) is 5.58. The highest BCUT2D eigenvalue weighted by atomic mass is 16.6. The van der Waals surface area contributed by atoms with E-state index in [2.05, 4.69) is 72.8 Å². The van der Waals surface area contributed by atoms with Gasteiger partial charge in [-0.2, -0.15) is 0 Å². The van der Waals surface area contributed by atoms with Crippen molar-refractivity contribution < 1.29 is 14.2 Å². The molecule has 1 fully saturated rings. The van der Waals surface area contributed by atoms with Gasteiger partial charge in [-0.15, -0.1) is 0 Å². The first-order valence-corrected chi connectivity index (χ1v) is 9.61. The molecule has 140 valence electrons. The van der Waals surface area contributed by atoms with Crippen LogP contribution in [0.3, 0.4) is 0 Å². The summed E-state index contributed by atoms with van der Waals surface area (Å²) in [5, 5.41) is 4.80. The van der Waals surface area contributed by atoms with Crippen LogP contribution >= 0.6 is 0 Å². The Morgan fingerprint density at radius 3 is 2.14 bits per heavy atom. The molecule has 0 aliphatic carbocycles. The van der Waals surface area contributed by atoms with E-state index in [4.69, 9.17) is 14.2 Å². The predicted molar refractivity (Wildman–Crippen MR) is 113 cm³/mol. The third kappa shape index (κ3) is 3.13. The van der Waals surface area contributed by atoms with Crippen LogP contribution in [0.2, 0.25) is 0 Å². The van der Waals surface area contributed by atoms with Gasteiger partial charge in [0.15, 0.2) is 0 Å². The first kappa shape index (κ1) is 17.2. The fourth-order valence-electron chi connectivity index (χ4n) is 3.88. The first-order valence-electron chi connectivity index (χ1n) is 9.61. The lowest BCUT2D eigenvalue weighted by atomic mass is 9.89. The second-order valence-corrected chi connectivity index (χ2v) is 7.16. The highest BCUT2D eigenvalue weighted by Gasteiger charge is 2.23. The van der Waals surface area contributed by atoms with Crippen molar-refractivity contribution in [3.05, 3.63) is 78.4 Å². The van der Waals surface area contributed by atoms with Crippen molar-refractivity contribution in [1.82, 2.24) is 0 Å². The number of epoxide rings is 1. The van der Waals surface area contributed by atoms with Crippen molar-refractivity contribution in [2.24, 2.45) is 0 Å². The van der Waals surface area contributed by atoms with Crippen molar-refractivity contribution in [2.45, 2.75) is 12.7 Å². The molecule has 0 N–H and O–H groups in total. The van der Waals surface area contributed by atoms with Gasteiger partial charge >= 0.3 is 0 Å². The van der Waals surface area contributed by atoms with Gasteiger partial charge in [-0.05, 0) is 38.7 Å². The zero-order valence-corrected chi connectivity index (χ0v) is 15.9. The summed E-state index contributed by atoms with van der Waals surface area (Å²) in [7, 11) is 1.74. The Bertz CT molecular complexity index is 1150. The molecule has 1 aliphatic rings. The lowest BCUT2D eigenvalue weighted by molar-refractivity contribution is 0.104. The second-order valence-electron chi connectivity index (χ2n) is 7.16. The summed E-state index contributed by atoms with van der Waals surface area (Å²) in [6, 6.07) is 25.5. The minimum absolute atomic E-state index is 0.260. The summed E-state index contributed by atoms with van der Waals surface area (Å²) in [5.41, 5.74) is 3.47. The van der Waals surface area contributed by atoms with Crippen LogP contribution in [0.1, 0.15) is 5.56 Å². The van der Waals surface area contributed by atoms with Crippen LogP contribution in [0, 0.1) is 0 Å². The Balaban J connectivity index is 1.75. The first-order chi connectivity index (χ1) is 13.8. The van der Waals surface area contributed by atoms with E-state index < -0.39 is 0 Å². The second kappa shape index (κ2) is 7.27. The quantitative estimate of drug-likeness (QED) is 0.415. The van der Waals surface area contributed by atoms with Crippen LogP contribution in [0.4, 0.5) is 0 Å². The van der Waals surface area contributed by atoms with Gasteiger partial charge in [-0.25, -0.2) is 0 Å². The number of methoxy groups -OCH3 is 1. The molecule has 3 nitrogen and oxygen atoms in total. The number of hydrogen-bond donors (Lipinski definition) is 0. The van der Waals surface area contributed by atoms with Crippen molar-refractivity contribution >= 4 is 21.5 Å². The summed E-state index contributed by atoms with van der Waals surface area (Å²) in [6.45, 7) is 1.99. The molecular formula is C25H22O3. The number of fused-ring (bicyclic) bond motifs is 2. The molecule has 0 bridgehead atoms. The number of rotatable bonds is 6. The summed E-state index contributed by atoms with van der Waals surface area (Å²) < 4.78 is 17.1. The van der Waals surface area contributed by atoms with Gasteiger partial charge in [-0.3, -0.25) is 0 Å². The van der Waals surface area contributed by atoms with Crippen molar-refractivity contribution in [2.75, 3.05) is 20.3 Å². The summed E-state index contributed by atoms with van der Waals surface area (Å²) >= 11 is 0. The highest BCUT2D eigenvalue weighted by molar-refractivity contribution is 6.08. The zero-order valence-electron chi connectivity index (χ0n) is 15.9. The smallest absolute Gasteiger partial charge is 0.127 e. The molecule has 1 aliphatic heterocycles. The maximum Gasteiger partial charge on any atom is 0.127 e. The molecule has 0 saturated carbocycles. The van der Waals surface area contributed by atoms with Crippen LogP contribution in [0.5, 0.6) is 5.75 Å². The van der Waals surface area contributed by atoms with Gasteiger partial charge in [0.05, 0.1) is 26.9 Å². The molecule has 5 rings (SSSR count). The lowest BCUT2D eigenvalue weighted by Crippen LogP contribution is -2.03. The van der Waals surface area contributed by atoms with E-state index in [0.29, 0.717) is 13.2 Å². The molecule has 0 aromatic heterocycles. The molecule has 4 aromatic rings. The van der Waals surface area contributed by atoms with Gasteiger partial charge in [0.1, 0.15) is 11.9 Å². The average molecular weight is 370 g/mol. The molecule has 0 radical (unpaired) electrons. The molecular weight excluding hydrogens is 348 g/mol. The van der Waals surface area contributed by atoms with Gasteiger partial charge in [0, 0.05) is 5.56 Å². The van der Waals surface area contributed by atoms with Gasteiger partial charge < -0.3 is 14.2 Å². The Kier molecular flexibility index (Phi) is 4.47. The Labute approximate surface area is 164 Å². The fraction of sp³-hybridized carbons (Fsp3) is 0.200. The van der Waals surface area contributed by atoms with Crippen molar-refractivity contribution in [1.29, 1.82) is 0 Å². The molecule has 1 unspecified atom stereocenters. The van der Waals surface area contributed by atoms with E-state index in [0.717, 1.165) is 23.5 Å². The van der Waals surface area contributed by atoms with Gasteiger partial charge in [0.25, 0.3) is 0 Å². The van der Waals surface area contributed by atoms with Crippen LogP contribution in [0.15, 0.2) is 72.8 Å². The highest BCUT2D eigenvalue weighted by Crippen LogP contribution is 2.42. The Morgan fingerprint density at radius 2 is 1.46 bits per heavy atom. The van der Waals surface area contributed by atoms with Gasteiger partial charge in [-0.1, -0.05) is 66.7 Å². The van der Waals surface area contributed by atoms with E-state index in [-0.39, 0.29) is 6.10 Å². The topological polar surface area (TPSA) is 31.0 Å².